The highest BCUT2D eigenvalue weighted by molar-refractivity contribution is 5.78. The molecule has 5 saturated heterocycles. The first kappa shape index (κ1) is 114. The molecule has 146 heavy (non-hydrogen) atoms. The van der Waals surface area contributed by atoms with Gasteiger partial charge in [-0.15, -0.1) is 0 Å². The zero-order valence-electron chi connectivity index (χ0n) is 88.0. The molecule has 2 unspecified atom stereocenters. The molecule has 0 saturated carbocycles. The summed E-state index contributed by atoms with van der Waals surface area (Å²) in [6, 6.07) is 40.5. The van der Waals surface area contributed by atoms with E-state index in [2.05, 4.69) is 170 Å². The van der Waals surface area contributed by atoms with E-state index < -0.39 is 24.4 Å². The summed E-state index contributed by atoms with van der Waals surface area (Å²) in [5, 5.41) is 88.9. The maximum atomic E-state index is 10.2. The van der Waals surface area contributed by atoms with Gasteiger partial charge in [-0.3, -0.25) is 27.0 Å². The first-order chi connectivity index (χ1) is 71.1. The number of unbranched alkanes of at least 4 members (excludes halogenated alkanes) is 33. The van der Waals surface area contributed by atoms with E-state index in [0.717, 1.165) is 98.7 Å². The van der Waals surface area contributed by atoms with Crippen LogP contribution >= 0.6 is 0 Å². The SMILES string of the molecule is CCCCCCCCCCCCCCc1ccc(-c2noc(C3CCCN3C(=N)N)n2)cc1.CCCCCCCCCCc1ccc(-c2noc(C3CCCN3C(=N)N)n2)cc1.CCCCCCCCc1ccc(-c2noc([C@@H]3C[C@@H](O)CN3C(=N)N)n2)cc1.CCCCCCCCc1ccc(-c2noc([C@@H]3[C@@H](O)CCN3C(=N)N)n2)cc1.CCCCCCCCc1ccc(-c2noc([C@H]3C[C@H](O)CN3C(=N)N)n2)cc1. The number of nitrogens with one attached hydrogen (secondary N) is 5. The highest BCUT2D eigenvalue weighted by atomic mass is 16.5. The standard InChI is InChI=1S/C27H43N5O.C23H35N5O.3C21H31N5O2/c1-2-3-4-5-6-7-8-9-10-11-12-13-15-22-17-19-23(20-18-22)25-30-26(33-31-25)24-16-14-21-32(24)27(28)29;1-2-3-4-5-6-7-8-9-11-18-13-15-19(16-14-18)21-26-22(29-27-21)20-12-10-17-28(20)23(24)25;2*1-2-3-4-5-6-7-8-15-9-11-16(12-10-15)19-24-20(28-25-19)18-13-17(27)14-26(18)21(22)23;1-2-3-4-5-6-7-8-15-9-11-16(12-10-15)19-24-20(28-25-19)18-17(27)13-14-26(18)21(22)23/h17-20,24H,2-16,21H2,1H3,(H3,28,29);13-16,20H,2-12,17H2,1H3,(H3,24,25);3*9-12,17-18,27H,2-8,13-14H2,1H3,(H3,22,23)/t;;2*17-,18+;17-,18-/m..100/s1. The number of likely N-dealkylation sites (tertiary alicyclic amines) is 5. The molecule has 10 aromatic rings. The molecule has 796 valence electrons. The van der Waals surface area contributed by atoms with Crippen molar-refractivity contribution in [1.82, 2.24) is 75.2 Å². The lowest BCUT2D eigenvalue weighted by molar-refractivity contribution is 0.118. The zero-order valence-corrected chi connectivity index (χ0v) is 88.0. The third-order valence-corrected chi connectivity index (χ3v) is 28.7. The van der Waals surface area contributed by atoms with Crippen molar-refractivity contribution in [2.75, 3.05) is 32.7 Å². The Hall–Kier alpha value is -12.0. The van der Waals surface area contributed by atoms with Gasteiger partial charge in [0.15, 0.2) is 29.8 Å². The highest BCUT2D eigenvalue weighted by Gasteiger charge is 2.42. The second-order valence-electron chi connectivity index (χ2n) is 40.4. The fourth-order valence-electron chi connectivity index (χ4n) is 20.1. The fourth-order valence-corrected chi connectivity index (χ4v) is 20.1. The molecule has 0 aliphatic carbocycles. The molecule has 33 nitrogen and oxygen atoms in total. The van der Waals surface area contributed by atoms with Crippen LogP contribution in [0.25, 0.3) is 56.9 Å². The molecule has 0 bridgehead atoms. The number of β-amino-alcohol motifs (C(OH)–C–C–N with tert-alkyl or cyclic N) is 2. The number of benzene rings is 5. The van der Waals surface area contributed by atoms with Gasteiger partial charge in [0.1, 0.15) is 30.2 Å². The second kappa shape index (κ2) is 62.9. The van der Waals surface area contributed by atoms with Gasteiger partial charge in [-0.05, 0) is 124 Å². The molecule has 8 atom stereocenters. The van der Waals surface area contributed by atoms with Crippen LogP contribution in [0.2, 0.25) is 0 Å². The van der Waals surface area contributed by atoms with Gasteiger partial charge in [0.25, 0.3) is 5.89 Å². The van der Waals surface area contributed by atoms with E-state index in [0.29, 0.717) is 97.5 Å². The number of aromatic nitrogens is 10. The molecule has 0 spiro atoms. The lowest BCUT2D eigenvalue weighted by atomic mass is 10.0. The van der Waals surface area contributed by atoms with Gasteiger partial charge in [-0.2, -0.15) is 24.9 Å². The molecule has 5 aromatic carbocycles. The van der Waals surface area contributed by atoms with Crippen LogP contribution in [0.1, 0.15) is 411 Å². The van der Waals surface area contributed by atoms with E-state index in [1.807, 2.05) is 46.2 Å². The van der Waals surface area contributed by atoms with Crippen LogP contribution < -0.4 is 28.7 Å². The molecular formula is C113H171N25O8. The first-order valence-corrected chi connectivity index (χ1v) is 55.4. The average Bonchev–Trinajstić information content (AvgIpc) is 1.66. The number of aliphatic hydroxyl groups excluding tert-OH is 3. The number of guanidine groups is 5. The van der Waals surface area contributed by atoms with Gasteiger partial charge in [0.05, 0.1) is 18.3 Å². The van der Waals surface area contributed by atoms with Crippen molar-refractivity contribution < 1.29 is 37.9 Å². The van der Waals surface area contributed by atoms with Crippen molar-refractivity contribution in [1.29, 1.82) is 27.0 Å². The van der Waals surface area contributed by atoms with Gasteiger partial charge >= 0.3 is 0 Å². The Bertz CT molecular complexity index is 5230. The number of nitrogens with two attached hydrogens (primary N) is 5. The minimum absolute atomic E-state index is 0.0672. The third-order valence-electron chi connectivity index (χ3n) is 28.7. The summed E-state index contributed by atoms with van der Waals surface area (Å²) < 4.78 is 27.2. The van der Waals surface area contributed by atoms with Gasteiger partial charge < -0.3 is 91.1 Å². The molecule has 5 fully saturated rings. The van der Waals surface area contributed by atoms with Crippen LogP contribution in [0.5, 0.6) is 0 Å². The van der Waals surface area contributed by atoms with Crippen molar-refractivity contribution in [3.05, 3.63) is 179 Å². The predicted molar refractivity (Wildman–Crippen MR) is 578 cm³/mol. The number of aliphatic hydroxyl groups is 3. The summed E-state index contributed by atoms with van der Waals surface area (Å²) in [7, 11) is 0. The smallest absolute Gasteiger partial charge is 0.252 e. The van der Waals surface area contributed by atoms with Crippen LogP contribution in [0, 0.1) is 27.0 Å². The Morgan fingerprint density at radius 3 is 0.712 bits per heavy atom. The van der Waals surface area contributed by atoms with Crippen LogP contribution in [0.15, 0.2) is 144 Å². The molecule has 5 aliphatic rings. The normalized spacial score (nSPS) is 18.0. The first-order valence-electron chi connectivity index (χ1n) is 55.4. The lowest BCUT2D eigenvalue weighted by Gasteiger charge is -2.22. The van der Waals surface area contributed by atoms with Crippen molar-refractivity contribution >= 4 is 29.8 Å². The molecule has 0 radical (unpaired) electrons. The van der Waals surface area contributed by atoms with Gasteiger partial charge in [-0.25, -0.2) is 0 Å². The highest BCUT2D eigenvalue weighted by Crippen LogP contribution is 2.39. The number of hydrogen-bond acceptors (Lipinski definition) is 23. The van der Waals surface area contributed by atoms with Gasteiger partial charge in [-0.1, -0.05) is 394 Å². The van der Waals surface area contributed by atoms with Crippen LogP contribution in [-0.4, -0.2) is 171 Å². The minimum atomic E-state index is -0.670. The summed E-state index contributed by atoms with van der Waals surface area (Å²) >= 11 is 0. The number of nitrogens with zero attached hydrogens (tertiary/aromatic N) is 15. The molecule has 5 aromatic heterocycles. The maximum absolute atomic E-state index is 10.2. The van der Waals surface area contributed by atoms with Crippen molar-refractivity contribution in [3.63, 3.8) is 0 Å². The Labute approximate surface area is 866 Å². The average molecular weight is 2010 g/mol. The zero-order chi connectivity index (χ0) is 104. The van der Waals surface area contributed by atoms with Crippen molar-refractivity contribution in [2.24, 2.45) is 28.7 Å². The molecule has 15 rings (SSSR count). The van der Waals surface area contributed by atoms with E-state index in [-0.39, 0.29) is 54.0 Å². The van der Waals surface area contributed by atoms with Gasteiger partial charge in [0, 0.05) is 73.4 Å². The van der Waals surface area contributed by atoms with Crippen LogP contribution in [0.3, 0.4) is 0 Å². The largest absolute Gasteiger partial charge is 0.391 e. The Morgan fingerprint density at radius 1 is 0.267 bits per heavy atom. The summed E-state index contributed by atoms with van der Waals surface area (Å²) in [6.07, 6.45) is 59.6. The van der Waals surface area contributed by atoms with E-state index in [1.165, 1.54) is 272 Å². The predicted octanol–water partition coefficient (Wildman–Crippen LogP) is 23.4. The molecule has 18 N–H and O–H groups in total. The molecule has 0 amide bonds. The van der Waals surface area contributed by atoms with E-state index in [9.17, 15) is 15.3 Å². The minimum Gasteiger partial charge on any atom is -0.391 e. The summed E-state index contributed by atoms with van der Waals surface area (Å²) in [4.78, 5) is 31.0. The van der Waals surface area contributed by atoms with E-state index in [4.69, 9.17) is 78.3 Å². The Morgan fingerprint density at radius 2 is 0.479 bits per heavy atom. The van der Waals surface area contributed by atoms with Gasteiger partial charge in [0.2, 0.25) is 52.7 Å². The summed E-state index contributed by atoms with van der Waals surface area (Å²) in [5.41, 5.74) is 39.5. The van der Waals surface area contributed by atoms with Crippen LogP contribution in [0.4, 0.5) is 0 Å². The van der Waals surface area contributed by atoms with Crippen LogP contribution in [-0.2, 0) is 32.1 Å². The quantitative estimate of drug-likeness (QED) is 0.00956. The summed E-state index contributed by atoms with van der Waals surface area (Å²) in [5.74, 6) is 4.77. The molecule has 5 aliphatic heterocycles. The maximum Gasteiger partial charge on any atom is 0.252 e. The van der Waals surface area contributed by atoms with E-state index >= 15 is 0 Å². The topological polar surface area (TPSA) is 521 Å². The van der Waals surface area contributed by atoms with Crippen molar-refractivity contribution in [3.8, 4) is 56.9 Å². The Balaban J connectivity index is 0.000000174. The van der Waals surface area contributed by atoms with E-state index in [1.54, 1.807) is 14.7 Å². The second-order valence-corrected chi connectivity index (χ2v) is 40.4. The number of rotatable bonds is 53. The molecular weight excluding hydrogens is 1840 g/mol. The molecule has 10 heterocycles. The number of aryl methyl sites for hydroxylation is 5. The molecule has 33 heteroatoms. The number of hydrogen-bond donors (Lipinski definition) is 13. The fraction of sp³-hybridized carbons (Fsp3) is 0.602. The monoisotopic (exact) mass is 2010 g/mol. The summed E-state index contributed by atoms with van der Waals surface area (Å²) in [6.45, 7) is 13.9. The van der Waals surface area contributed by atoms with Crippen molar-refractivity contribution in [2.45, 2.75) is 404 Å². The third kappa shape index (κ3) is 36.8. The lowest BCUT2D eigenvalue weighted by Crippen LogP contribution is -2.37. The Kier molecular flexibility index (Phi) is 49.2.